The van der Waals surface area contributed by atoms with E-state index in [1.165, 1.54) is 0 Å². The molecule has 1 aliphatic rings. The first kappa shape index (κ1) is 14.2. The lowest BCUT2D eigenvalue weighted by molar-refractivity contribution is 0.0982. The van der Waals surface area contributed by atoms with Crippen molar-refractivity contribution in [2.45, 2.75) is 33.0 Å². The SMILES string of the molecule is CCS(=O)(=O)CCCC(=O)c1ccc2c(c1)COC2. The normalized spacial score (nSPS) is 14.4. The van der Waals surface area contributed by atoms with Crippen LogP contribution in [0.3, 0.4) is 0 Å². The molecule has 0 fully saturated rings. The van der Waals surface area contributed by atoms with Gasteiger partial charge in [0.25, 0.3) is 0 Å². The van der Waals surface area contributed by atoms with Gasteiger partial charge in [0.1, 0.15) is 9.84 Å². The molecule has 0 spiro atoms. The van der Waals surface area contributed by atoms with Gasteiger partial charge in [-0.1, -0.05) is 19.1 Å². The number of benzene rings is 1. The third-order valence-corrected chi connectivity index (χ3v) is 5.13. The molecule has 1 aromatic rings. The van der Waals surface area contributed by atoms with Gasteiger partial charge in [-0.3, -0.25) is 4.79 Å². The van der Waals surface area contributed by atoms with Crippen LogP contribution in [0.1, 0.15) is 41.3 Å². The zero-order chi connectivity index (χ0) is 13.9. The summed E-state index contributed by atoms with van der Waals surface area (Å²) in [6.45, 7) is 2.79. The highest BCUT2D eigenvalue weighted by molar-refractivity contribution is 7.91. The van der Waals surface area contributed by atoms with Crippen molar-refractivity contribution in [2.24, 2.45) is 0 Å². The molecule has 0 unspecified atom stereocenters. The van der Waals surface area contributed by atoms with Crippen molar-refractivity contribution in [3.8, 4) is 0 Å². The molecular formula is C14H18O4S. The number of fused-ring (bicyclic) bond motifs is 1. The van der Waals surface area contributed by atoms with E-state index in [4.69, 9.17) is 4.74 Å². The molecule has 104 valence electrons. The summed E-state index contributed by atoms with van der Waals surface area (Å²) in [6.07, 6.45) is 0.668. The minimum Gasteiger partial charge on any atom is -0.372 e. The van der Waals surface area contributed by atoms with E-state index in [-0.39, 0.29) is 23.7 Å². The zero-order valence-electron chi connectivity index (χ0n) is 11.0. The number of ether oxygens (including phenoxy) is 1. The van der Waals surface area contributed by atoms with E-state index in [9.17, 15) is 13.2 Å². The molecule has 19 heavy (non-hydrogen) atoms. The van der Waals surface area contributed by atoms with Crippen molar-refractivity contribution in [1.29, 1.82) is 0 Å². The van der Waals surface area contributed by atoms with Gasteiger partial charge in [-0.05, 0) is 23.6 Å². The quantitative estimate of drug-likeness (QED) is 0.750. The Bertz CT molecular complexity index is 575. The van der Waals surface area contributed by atoms with Crippen molar-refractivity contribution in [3.05, 3.63) is 34.9 Å². The lowest BCUT2D eigenvalue weighted by Gasteiger charge is -2.04. The molecule has 0 saturated carbocycles. The summed E-state index contributed by atoms with van der Waals surface area (Å²) >= 11 is 0. The van der Waals surface area contributed by atoms with Crippen LogP contribution in [0, 0.1) is 0 Å². The molecule has 0 N–H and O–H groups in total. The number of hydrogen-bond donors (Lipinski definition) is 0. The second kappa shape index (κ2) is 5.84. The summed E-state index contributed by atoms with van der Waals surface area (Å²) < 4.78 is 28.0. The summed E-state index contributed by atoms with van der Waals surface area (Å²) in [5, 5.41) is 0. The molecule has 0 aliphatic carbocycles. The minimum atomic E-state index is -2.98. The number of sulfone groups is 1. The number of Topliss-reactive ketones (excluding diaryl/α,β-unsaturated/α-hetero) is 1. The Morgan fingerprint density at radius 3 is 2.74 bits per heavy atom. The molecular weight excluding hydrogens is 264 g/mol. The number of carbonyl (C=O) groups excluding carboxylic acids is 1. The average Bonchev–Trinajstić information content (AvgIpc) is 2.85. The lowest BCUT2D eigenvalue weighted by atomic mass is 10.0. The number of carbonyl (C=O) groups is 1. The maximum absolute atomic E-state index is 12.0. The van der Waals surface area contributed by atoms with E-state index < -0.39 is 9.84 Å². The number of ketones is 1. The summed E-state index contributed by atoms with van der Waals surface area (Å²) in [5.74, 6) is 0.224. The third kappa shape index (κ3) is 3.64. The molecule has 0 atom stereocenters. The predicted molar refractivity (Wildman–Crippen MR) is 72.8 cm³/mol. The Labute approximate surface area is 113 Å². The second-order valence-electron chi connectivity index (χ2n) is 4.74. The third-order valence-electron chi connectivity index (χ3n) is 3.34. The van der Waals surface area contributed by atoms with Gasteiger partial charge < -0.3 is 4.74 Å². The van der Waals surface area contributed by atoms with E-state index in [1.807, 2.05) is 12.1 Å². The summed E-state index contributed by atoms with van der Waals surface area (Å²) in [4.78, 5) is 12.0. The van der Waals surface area contributed by atoms with Crippen LogP contribution in [0.4, 0.5) is 0 Å². The Morgan fingerprint density at radius 1 is 1.26 bits per heavy atom. The average molecular weight is 282 g/mol. The van der Waals surface area contributed by atoms with Crippen LogP contribution >= 0.6 is 0 Å². The van der Waals surface area contributed by atoms with Crippen LogP contribution in [-0.4, -0.2) is 25.7 Å². The maximum Gasteiger partial charge on any atom is 0.162 e. The highest BCUT2D eigenvalue weighted by Gasteiger charge is 2.15. The van der Waals surface area contributed by atoms with Gasteiger partial charge in [-0.25, -0.2) is 8.42 Å². The summed E-state index contributed by atoms with van der Waals surface area (Å²) in [5.41, 5.74) is 2.84. The van der Waals surface area contributed by atoms with Crippen molar-refractivity contribution < 1.29 is 17.9 Å². The van der Waals surface area contributed by atoms with Gasteiger partial charge in [0.2, 0.25) is 0 Å². The fourth-order valence-corrected chi connectivity index (χ4v) is 2.96. The molecule has 1 heterocycles. The second-order valence-corrected chi connectivity index (χ2v) is 7.21. The van der Waals surface area contributed by atoms with E-state index in [0.717, 1.165) is 11.1 Å². The smallest absolute Gasteiger partial charge is 0.162 e. The molecule has 1 aromatic carbocycles. The van der Waals surface area contributed by atoms with Crippen LogP contribution in [0.5, 0.6) is 0 Å². The monoisotopic (exact) mass is 282 g/mol. The van der Waals surface area contributed by atoms with E-state index >= 15 is 0 Å². The van der Waals surface area contributed by atoms with Gasteiger partial charge in [0.15, 0.2) is 5.78 Å². The molecule has 1 aliphatic heterocycles. The molecule has 0 aromatic heterocycles. The molecule has 0 bridgehead atoms. The van der Waals surface area contributed by atoms with E-state index in [2.05, 4.69) is 0 Å². The van der Waals surface area contributed by atoms with Gasteiger partial charge in [0.05, 0.1) is 19.0 Å². The first-order valence-corrected chi connectivity index (χ1v) is 8.27. The summed E-state index contributed by atoms with van der Waals surface area (Å²) in [6, 6.07) is 5.57. The molecule has 0 saturated heterocycles. The Kier molecular flexibility index (Phi) is 4.37. The molecule has 0 amide bonds. The van der Waals surface area contributed by atoms with Crippen LogP contribution in [0.2, 0.25) is 0 Å². The van der Waals surface area contributed by atoms with Crippen LogP contribution < -0.4 is 0 Å². The predicted octanol–water partition coefficient (Wildman–Crippen LogP) is 2.11. The van der Waals surface area contributed by atoms with Gasteiger partial charge >= 0.3 is 0 Å². The highest BCUT2D eigenvalue weighted by atomic mass is 32.2. The highest BCUT2D eigenvalue weighted by Crippen LogP contribution is 2.21. The Morgan fingerprint density at radius 2 is 2.00 bits per heavy atom. The molecule has 5 heteroatoms. The van der Waals surface area contributed by atoms with Crippen molar-refractivity contribution in [1.82, 2.24) is 0 Å². The standard InChI is InChI=1S/C14H18O4S/c1-2-19(16,17)7-3-4-14(15)11-5-6-12-9-18-10-13(12)8-11/h5-6,8H,2-4,7,9-10H2,1H3. The van der Waals surface area contributed by atoms with Gasteiger partial charge in [-0.15, -0.1) is 0 Å². The van der Waals surface area contributed by atoms with Crippen molar-refractivity contribution in [2.75, 3.05) is 11.5 Å². The summed E-state index contributed by atoms with van der Waals surface area (Å²) in [7, 11) is -2.98. The van der Waals surface area contributed by atoms with Crippen molar-refractivity contribution in [3.63, 3.8) is 0 Å². The number of rotatable bonds is 6. The first-order valence-electron chi connectivity index (χ1n) is 6.45. The van der Waals surface area contributed by atoms with E-state index in [0.29, 0.717) is 25.2 Å². The van der Waals surface area contributed by atoms with E-state index in [1.54, 1.807) is 13.0 Å². The zero-order valence-corrected chi connectivity index (χ0v) is 11.8. The van der Waals surface area contributed by atoms with Crippen LogP contribution in [0.25, 0.3) is 0 Å². The molecule has 0 radical (unpaired) electrons. The van der Waals surface area contributed by atoms with Gasteiger partial charge in [-0.2, -0.15) is 0 Å². The number of hydrogen-bond acceptors (Lipinski definition) is 4. The largest absolute Gasteiger partial charge is 0.372 e. The molecule has 4 nitrogen and oxygen atoms in total. The lowest BCUT2D eigenvalue weighted by Crippen LogP contribution is -2.10. The van der Waals surface area contributed by atoms with Crippen LogP contribution in [-0.2, 0) is 27.8 Å². The Balaban J connectivity index is 1.94. The minimum absolute atomic E-state index is 0.000929. The van der Waals surface area contributed by atoms with Crippen molar-refractivity contribution >= 4 is 15.6 Å². The topological polar surface area (TPSA) is 60.4 Å². The maximum atomic E-state index is 12.0. The fraction of sp³-hybridized carbons (Fsp3) is 0.500. The van der Waals surface area contributed by atoms with Gasteiger partial charge in [0, 0.05) is 17.7 Å². The van der Waals surface area contributed by atoms with Crippen LogP contribution in [0.15, 0.2) is 18.2 Å². The first-order chi connectivity index (χ1) is 9.02. The fourth-order valence-electron chi connectivity index (χ4n) is 2.09. The Hall–Kier alpha value is -1.20. The molecule has 2 rings (SSSR count).